The quantitative estimate of drug-likeness (QED) is 0.143. The van der Waals surface area contributed by atoms with Crippen LogP contribution in [0.2, 0.25) is 0 Å². The molecule has 0 bridgehead atoms. The van der Waals surface area contributed by atoms with Crippen molar-refractivity contribution in [1.29, 1.82) is 0 Å². The van der Waals surface area contributed by atoms with E-state index in [1.54, 1.807) is 12.5 Å². The molecular weight excluding hydrogens is 745 g/mol. The zero-order valence-electron chi connectivity index (χ0n) is 35.5. The number of thioether (sulfide) groups is 2. The third-order valence-corrected chi connectivity index (χ3v) is 12.8. The molecule has 6 aromatic rings. The fraction of sp³-hybridized carbons (Fsp3) is 0.288. The van der Waals surface area contributed by atoms with Crippen LogP contribution >= 0.6 is 23.5 Å². The molecule has 3 aliphatic heterocycles. The Hall–Kier alpha value is -4.91. The van der Waals surface area contributed by atoms with Gasteiger partial charge in [-0.15, -0.1) is 23.5 Å². The van der Waals surface area contributed by atoms with Crippen LogP contribution in [0.4, 0.5) is 5.69 Å². The van der Waals surface area contributed by atoms with E-state index >= 15 is 0 Å². The van der Waals surface area contributed by atoms with Gasteiger partial charge < -0.3 is 15.3 Å². The predicted octanol–water partition coefficient (Wildman–Crippen LogP) is 14.8. The van der Waals surface area contributed by atoms with Crippen molar-refractivity contribution in [2.45, 2.75) is 94.6 Å². The van der Waals surface area contributed by atoms with E-state index < -0.39 is 0 Å². The number of nitrogens with zero attached hydrogens (tertiary/aromatic N) is 1. The van der Waals surface area contributed by atoms with Crippen molar-refractivity contribution in [3.63, 3.8) is 0 Å². The largest absolute Gasteiger partial charge is 0.384 e. The van der Waals surface area contributed by atoms with Crippen molar-refractivity contribution in [2.24, 2.45) is 0 Å². The predicted molar refractivity (Wildman–Crippen MR) is 256 cm³/mol. The number of rotatable bonds is 0. The molecule has 6 heteroatoms. The minimum atomic E-state index is 0.691. The Morgan fingerprint density at radius 2 is 1.48 bits per heavy atom. The van der Waals surface area contributed by atoms with Crippen LogP contribution in [-0.4, -0.2) is 32.5 Å². The van der Waals surface area contributed by atoms with Gasteiger partial charge in [-0.2, -0.15) is 0 Å². The van der Waals surface area contributed by atoms with Crippen LogP contribution < -0.4 is 5.32 Å². The van der Waals surface area contributed by atoms with E-state index in [9.17, 15) is 0 Å². The van der Waals surface area contributed by atoms with Crippen LogP contribution in [-0.2, 0) is 6.42 Å². The summed E-state index contributed by atoms with van der Waals surface area (Å²) in [7, 11) is 0. The van der Waals surface area contributed by atoms with Crippen LogP contribution in [0.1, 0.15) is 87.2 Å². The molecule has 58 heavy (non-hydrogen) atoms. The number of allylic oxidation sites excluding steroid dienone is 8. The van der Waals surface area contributed by atoms with Gasteiger partial charge in [0.1, 0.15) is 0 Å². The van der Waals surface area contributed by atoms with Crippen LogP contribution in [0, 0.1) is 13.8 Å². The maximum atomic E-state index is 3.77. The number of para-hydroxylation sites is 1. The lowest BCUT2D eigenvalue weighted by Gasteiger charge is -1.99. The maximum Gasteiger partial charge on any atom is 0.0921 e. The molecule has 0 saturated heterocycles. The van der Waals surface area contributed by atoms with E-state index in [0.717, 1.165) is 29.8 Å². The highest BCUT2D eigenvalue weighted by Crippen LogP contribution is 2.38. The number of fused-ring (bicyclic) bond motifs is 4. The van der Waals surface area contributed by atoms with Gasteiger partial charge in [-0.3, -0.25) is 0 Å². The number of aryl methyl sites for hydroxylation is 2. The fourth-order valence-electron chi connectivity index (χ4n) is 6.84. The average Bonchev–Trinajstić information content (AvgIpc) is 4.10. The molecule has 5 heterocycles. The monoisotopic (exact) mass is 806 g/mol. The second kappa shape index (κ2) is 23.5. The molecule has 3 N–H and O–H groups in total. The fourth-order valence-corrected chi connectivity index (χ4v) is 9.21. The zero-order valence-corrected chi connectivity index (χ0v) is 37.1. The normalized spacial score (nSPS) is 18.2. The Labute approximate surface area is 356 Å². The molecule has 0 saturated carbocycles. The number of nitrogens with one attached hydrogen (secondary N) is 3. The van der Waals surface area contributed by atoms with Crippen LogP contribution in [0.3, 0.4) is 0 Å². The lowest BCUT2D eigenvalue weighted by Crippen LogP contribution is -1.95. The van der Waals surface area contributed by atoms with Crippen molar-refractivity contribution in [2.75, 3.05) is 17.6 Å². The maximum absolute atomic E-state index is 3.77. The van der Waals surface area contributed by atoms with Gasteiger partial charge in [0, 0.05) is 67.9 Å². The van der Waals surface area contributed by atoms with E-state index in [0.29, 0.717) is 5.92 Å². The summed E-state index contributed by atoms with van der Waals surface area (Å²) < 4.78 is 0. The number of aromatic nitrogens is 3. The van der Waals surface area contributed by atoms with Crippen molar-refractivity contribution in [3.05, 3.63) is 191 Å². The summed E-state index contributed by atoms with van der Waals surface area (Å²) in [5, 5.41) is 5.46. The van der Waals surface area contributed by atoms with Crippen LogP contribution in [0.5, 0.6) is 0 Å². The Balaban J connectivity index is 0.000000130. The van der Waals surface area contributed by atoms with Crippen molar-refractivity contribution in [1.82, 2.24) is 15.0 Å². The molecule has 11 rings (SSSR count). The Bertz CT molecular complexity index is 2180. The van der Waals surface area contributed by atoms with Crippen LogP contribution in [0.15, 0.2) is 173 Å². The summed E-state index contributed by atoms with van der Waals surface area (Å²) in [5.74, 6) is 2.72. The zero-order chi connectivity index (χ0) is 41.1. The van der Waals surface area contributed by atoms with E-state index in [2.05, 4.69) is 195 Å². The van der Waals surface area contributed by atoms with Crippen molar-refractivity contribution >= 4 is 40.1 Å². The van der Waals surface area contributed by atoms with Gasteiger partial charge in [0.15, 0.2) is 0 Å². The molecule has 0 fully saturated rings. The first-order chi connectivity index (χ1) is 28.2. The Morgan fingerprint density at radius 3 is 2.05 bits per heavy atom. The first kappa shape index (κ1) is 44.2. The molecular formula is C52H62N4S2. The minimum absolute atomic E-state index is 0.691. The molecule has 3 unspecified atom stereocenters. The highest BCUT2D eigenvalue weighted by atomic mass is 32.2. The first-order valence-electron chi connectivity index (χ1n) is 20.6. The van der Waals surface area contributed by atoms with Gasteiger partial charge in [0.25, 0.3) is 0 Å². The minimum Gasteiger partial charge on any atom is -0.384 e. The number of anilines is 1. The van der Waals surface area contributed by atoms with E-state index in [-0.39, 0.29) is 0 Å². The SMILES string of the molecule is CC1=CC=CC1.CC1=CCC=C1.CC1CNc2ccccc21.CC1CSc2ccccc21.CC1Cc2ccccc2S1.Cc1cccc2[nH]ccc12.Cc1cnc[nH]1. The summed E-state index contributed by atoms with van der Waals surface area (Å²) in [5.41, 5.74) is 12.4. The Kier molecular flexibility index (Phi) is 17.9. The third-order valence-electron chi connectivity index (χ3n) is 10.2. The number of hydrogen-bond donors (Lipinski definition) is 3. The lowest BCUT2D eigenvalue weighted by molar-refractivity contribution is 0.854. The number of H-pyrrole nitrogens is 2. The molecule has 4 nitrogen and oxygen atoms in total. The van der Waals surface area contributed by atoms with Gasteiger partial charge in [-0.25, -0.2) is 4.98 Å². The average molecular weight is 807 g/mol. The smallest absolute Gasteiger partial charge is 0.0921 e. The van der Waals surface area contributed by atoms with Gasteiger partial charge in [0.2, 0.25) is 0 Å². The highest BCUT2D eigenvalue weighted by Gasteiger charge is 2.18. The molecule has 0 radical (unpaired) electrons. The van der Waals surface area contributed by atoms with E-state index in [4.69, 9.17) is 0 Å². The molecule has 2 aliphatic carbocycles. The third kappa shape index (κ3) is 14.2. The molecule has 0 amide bonds. The number of benzene rings is 4. The molecule has 302 valence electrons. The van der Waals surface area contributed by atoms with Gasteiger partial charge in [-0.05, 0) is 105 Å². The summed E-state index contributed by atoms with van der Waals surface area (Å²) in [6, 6.07) is 34.2. The highest BCUT2D eigenvalue weighted by molar-refractivity contribution is 8.00. The number of aromatic amines is 2. The molecule has 2 aromatic heterocycles. The number of imidazole rings is 1. The van der Waals surface area contributed by atoms with Gasteiger partial charge in [-0.1, -0.05) is 135 Å². The standard InChI is InChI=1S/C9H9N.C9H11N.2C9H10S.2C6H8.C4H6N2/c1-7-3-2-4-9-8(7)5-6-10-9;2*1-7-6-10-9-5-3-2-4-8(7)9;1-7-6-8-4-2-3-5-9(8)10-7;2*1-6-4-2-3-5-6;1-4-2-5-3-6-4/h2-6,10H,1H3;2-5,7,10H,6H2,1H3;2*2-5,7H,6H2,1H3;2,4-5H,3H2,1H3;2-4H,5H2,1H3;2-3H,1H3,(H,5,6). The second-order valence-corrected chi connectivity index (χ2v) is 17.9. The first-order valence-corrected chi connectivity index (χ1v) is 22.5. The lowest BCUT2D eigenvalue weighted by atomic mass is 10.0. The van der Waals surface area contributed by atoms with E-state index in [1.807, 2.05) is 36.6 Å². The van der Waals surface area contributed by atoms with Crippen molar-refractivity contribution < 1.29 is 0 Å². The van der Waals surface area contributed by atoms with Crippen molar-refractivity contribution in [3.8, 4) is 0 Å². The molecule has 5 aliphatic rings. The second-order valence-electron chi connectivity index (χ2n) is 15.3. The Morgan fingerprint density at radius 1 is 0.724 bits per heavy atom. The van der Waals surface area contributed by atoms with Gasteiger partial charge in [0.05, 0.1) is 6.33 Å². The molecule has 4 aromatic carbocycles. The summed E-state index contributed by atoms with van der Waals surface area (Å²) in [6.07, 6.45) is 21.9. The van der Waals surface area contributed by atoms with Gasteiger partial charge >= 0.3 is 0 Å². The number of hydrogen-bond acceptors (Lipinski definition) is 4. The molecule has 0 spiro atoms. The topological polar surface area (TPSA) is 56.5 Å². The summed E-state index contributed by atoms with van der Waals surface area (Å²) in [4.78, 5) is 12.8. The van der Waals surface area contributed by atoms with Crippen LogP contribution in [0.25, 0.3) is 10.9 Å². The summed E-state index contributed by atoms with van der Waals surface area (Å²) >= 11 is 3.97. The molecule has 3 atom stereocenters. The summed E-state index contributed by atoms with van der Waals surface area (Å²) in [6.45, 7) is 16.3. The van der Waals surface area contributed by atoms with E-state index in [1.165, 1.54) is 78.4 Å².